The maximum absolute atomic E-state index is 14.3. The normalized spacial score (nSPS) is 36.4. The molecule has 5 aliphatic heterocycles. The van der Waals surface area contributed by atoms with Crippen molar-refractivity contribution in [1.82, 2.24) is 14.8 Å². The number of ether oxygens (including phenoxy) is 3. The molecule has 0 radical (unpaired) electrons. The molecule has 2 N–H and O–H groups in total. The van der Waals surface area contributed by atoms with Gasteiger partial charge in [0.25, 0.3) is 0 Å². The zero-order valence-electron chi connectivity index (χ0n) is 33.4. The second kappa shape index (κ2) is 13.4. The number of fused-ring (bicyclic) bond motifs is 6. The lowest BCUT2D eigenvalue weighted by molar-refractivity contribution is -0.228. The zero-order chi connectivity index (χ0) is 38.4. The number of aliphatic hydroxyl groups is 1. The minimum absolute atomic E-state index is 0.0496. The van der Waals surface area contributed by atoms with Gasteiger partial charge in [-0.25, -0.2) is 4.79 Å². The number of benzene rings is 2. The summed E-state index contributed by atoms with van der Waals surface area (Å²) in [7, 11) is 5.04. The van der Waals surface area contributed by atoms with Gasteiger partial charge in [0.1, 0.15) is 5.75 Å². The molecule has 1 aromatic heterocycles. The van der Waals surface area contributed by atoms with E-state index in [1.54, 1.807) is 7.11 Å². The van der Waals surface area contributed by atoms with E-state index in [1.165, 1.54) is 55.6 Å². The van der Waals surface area contributed by atoms with Gasteiger partial charge in [-0.15, -0.1) is 0 Å². The highest BCUT2D eigenvalue weighted by Gasteiger charge is 2.80. The Morgan fingerprint density at radius 2 is 1.87 bits per heavy atom. The molecule has 2 aromatic carbocycles. The van der Waals surface area contributed by atoms with E-state index in [0.29, 0.717) is 12.3 Å². The fraction of sp³-hybridized carbons (Fsp3) is 0.600. The summed E-state index contributed by atoms with van der Waals surface area (Å²) < 4.78 is 18.0. The Labute approximate surface area is 325 Å². The predicted octanol–water partition coefficient (Wildman–Crippen LogP) is 5.94. The van der Waals surface area contributed by atoms with Gasteiger partial charge in [-0.1, -0.05) is 50.6 Å². The predicted molar refractivity (Wildman–Crippen MR) is 213 cm³/mol. The maximum Gasteiger partial charge on any atom is 0.344 e. The first kappa shape index (κ1) is 36.8. The number of methoxy groups -OCH3 is 2. The Balaban J connectivity index is 1.27. The summed E-state index contributed by atoms with van der Waals surface area (Å²) in [6.07, 6.45) is 9.98. The van der Waals surface area contributed by atoms with Gasteiger partial charge in [-0.2, -0.15) is 0 Å². The molecule has 1 aliphatic carbocycles. The molecule has 10 nitrogen and oxygen atoms in total. The monoisotopic (exact) mass is 750 g/mol. The van der Waals surface area contributed by atoms with Crippen LogP contribution >= 0.6 is 0 Å². The smallest absolute Gasteiger partial charge is 0.344 e. The summed E-state index contributed by atoms with van der Waals surface area (Å²) >= 11 is 0. The third-order valence-corrected chi connectivity index (χ3v) is 15.1. The van der Waals surface area contributed by atoms with Crippen molar-refractivity contribution < 1.29 is 28.9 Å². The van der Waals surface area contributed by atoms with Crippen molar-refractivity contribution in [2.45, 2.75) is 101 Å². The standard InChI is InChI=1S/C45H58N4O6/c1-7-28-22-29-14-15-31(38-32(16-20-48(25-28)26-29)30-12-9-10-13-35(30)46-38)33-23-34-36(24-37(33)53-5)47(4)40-44(34)18-21-49-19-11-17-43(8-2,39(44)49)41(55-27(3)50)45(40,52)42(51)54-6/h9-13,17,23-24,28-29,31,39-41,46,52H,7-8,14-16,18-22,25-26H2,1-6H3/t28-,29-,31-,39-,40+,41-,43-,44-,45-/m1/s1. The largest absolute Gasteiger partial charge is 0.496 e. The molecule has 3 fully saturated rings. The second-order valence-corrected chi connectivity index (χ2v) is 17.6. The summed E-state index contributed by atoms with van der Waals surface area (Å²) in [6, 6.07) is 12.4. The Morgan fingerprint density at radius 1 is 1.05 bits per heavy atom. The lowest BCUT2D eigenvalue weighted by Crippen LogP contribution is -2.81. The van der Waals surface area contributed by atoms with Crippen molar-refractivity contribution in [3.63, 3.8) is 0 Å². The number of para-hydroxylation sites is 1. The number of esters is 2. The van der Waals surface area contributed by atoms with Crippen LogP contribution in [0.4, 0.5) is 5.69 Å². The molecule has 1 unspecified atom stereocenters. The maximum atomic E-state index is 14.3. The summed E-state index contributed by atoms with van der Waals surface area (Å²) in [5.41, 5.74) is 3.37. The number of anilines is 1. The number of H-pyrrole nitrogens is 1. The molecule has 1 spiro atoms. The summed E-state index contributed by atoms with van der Waals surface area (Å²) in [5.74, 6) is 0.909. The average Bonchev–Trinajstić information content (AvgIpc) is 3.84. The van der Waals surface area contributed by atoms with Crippen molar-refractivity contribution in [3.05, 3.63) is 70.9 Å². The van der Waals surface area contributed by atoms with Gasteiger partial charge in [0.05, 0.1) is 20.3 Å². The number of aromatic amines is 1. The van der Waals surface area contributed by atoms with E-state index in [9.17, 15) is 14.7 Å². The quantitative estimate of drug-likeness (QED) is 0.234. The van der Waals surface area contributed by atoms with Gasteiger partial charge >= 0.3 is 11.9 Å². The molecule has 9 rings (SSSR count). The first-order chi connectivity index (χ1) is 26.5. The van der Waals surface area contributed by atoms with Crippen molar-refractivity contribution >= 4 is 28.5 Å². The molecule has 1 saturated carbocycles. The van der Waals surface area contributed by atoms with E-state index < -0.39 is 40.5 Å². The molecule has 2 bridgehead atoms. The number of piperidine rings is 1. The molecular formula is C45H58N4O6. The molecular weight excluding hydrogens is 693 g/mol. The number of hydrogen-bond donors (Lipinski definition) is 2. The Kier molecular flexibility index (Phi) is 8.94. The van der Waals surface area contributed by atoms with Crippen molar-refractivity contribution in [1.29, 1.82) is 0 Å². The molecule has 294 valence electrons. The molecule has 6 heterocycles. The lowest BCUT2D eigenvalue weighted by atomic mass is 9.47. The number of hydrogen-bond acceptors (Lipinski definition) is 9. The number of likely N-dealkylation sites (N-methyl/N-ethyl adjacent to an activating group) is 1. The van der Waals surface area contributed by atoms with Gasteiger partial charge in [0.2, 0.25) is 5.60 Å². The third-order valence-electron chi connectivity index (χ3n) is 15.1. The van der Waals surface area contributed by atoms with Crippen molar-refractivity contribution in [3.8, 4) is 5.75 Å². The van der Waals surface area contributed by atoms with Crippen LogP contribution in [0.1, 0.15) is 87.6 Å². The molecule has 6 aliphatic rings. The van der Waals surface area contributed by atoms with E-state index in [1.807, 2.05) is 7.05 Å². The van der Waals surface area contributed by atoms with E-state index in [4.69, 9.17) is 14.2 Å². The highest BCUT2D eigenvalue weighted by molar-refractivity contribution is 5.88. The van der Waals surface area contributed by atoms with Gasteiger partial charge in [0, 0.05) is 96.9 Å². The van der Waals surface area contributed by atoms with E-state index in [2.05, 4.69) is 82.1 Å². The lowest BCUT2D eigenvalue weighted by Gasteiger charge is -2.63. The highest BCUT2D eigenvalue weighted by atomic mass is 16.6. The first-order valence-electron chi connectivity index (χ1n) is 20.7. The first-order valence-corrected chi connectivity index (χ1v) is 20.7. The van der Waals surface area contributed by atoms with E-state index in [-0.39, 0.29) is 12.0 Å². The fourth-order valence-electron chi connectivity index (χ4n) is 13.1. The van der Waals surface area contributed by atoms with Crippen LogP contribution in [0.3, 0.4) is 0 Å². The van der Waals surface area contributed by atoms with Crippen LogP contribution in [-0.2, 0) is 30.9 Å². The van der Waals surface area contributed by atoms with E-state index in [0.717, 1.165) is 80.3 Å². The number of carbonyl (C=O) groups excluding carboxylic acids is 2. The van der Waals surface area contributed by atoms with Gasteiger partial charge in [-0.3, -0.25) is 9.69 Å². The fourth-order valence-corrected chi connectivity index (χ4v) is 13.1. The molecule has 10 heteroatoms. The number of nitrogens with one attached hydrogen (secondary N) is 1. The minimum atomic E-state index is -2.16. The zero-order valence-corrected chi connectivity index (χ0v) is 33.4. The Hall–Kier alpha value is -3.86. The highest BCUT2D eigenvalue weighted by Crippen LogP contribution is 2.68. The molecule has 3 aromatic rings. The summed E-state index contributed by atoms with van der Waals surface area (Å²) in [6.45, 7) is 10.7. The molecule has 2 saturated heterocycles. The average molecular weight is 751 g/mol. The van der Waals surface area contributed by atoms with Crippen LogP contribution in [0.25, 0.3) is 10.9 Å². The number of rotatable bonds is 6. The second-order valence-electron chi connectivity index (χ2n) is 17.6. The van der Waals surface area contributed by atoms with Crippen LogP contribution in [0, 0.1) is 17.3 Å². The topological polar surface area (TPSA) is 108 Å². The van der Waals surface area contributed by atoms with Crippen LogP contribution in [-0.4, -0.2) is 110 Å². The van der Waals surface area contributed by atoms with Crippen LogP contribution in [0.15, 0.2) is 48.6 Å². The Morgan fingerprint density at radius 3 is 2.62 bits per heavy atom. The molecule has 55 heavy (non-hydrogen) atoms. The SMILES string of the molecule is CC[C@@H]1C[C@H]2CC[C@H](c3cc4c(cc3OC)N(C)[C@@H]3[C@](O)(C(=O)OC)[C@H](OC(C)=O)[C@]5(CC)C=CCN6CC[C@]43[C@H]65)c3[nH]c4ccccc4c3CCN(C1)C2. The van der Waals surface area contributed by atoms with Gasteiger partial charge in [-0.05, 0) is 80.2 Å². The Bertz CT molecular complexity index is 2040. The van der Waals surface area contributed by atoms with Crippen LogP contribution in [0.5, 0.6) is 5.75 Å². The minimum Gasteiger partial charge on any atom is -0.496 e. The summed E-state index contributed by atoms with van der Waals surface area (Å²) in [5, 5.41) is 14.5. The van der Waals surface area contributed by atoms with Crippen molar-refractivity contribution in [2.24, 2.45) is 17.3 Å². The summed E-state index contributed by atoms with van der Waals surface area (Å²) in [4.78, 5) is 38.4. The third kappa shape index (κ3) is 5.09. The molecule has 10 atom stereocenters. The van der Waals surface area contributed by atoms with Crippen LogP contribution in [0.2, 0.25) is 0 Å². The van der Waals surface area contributed by atoms with Gasteiger partial charge < -0.3 is 34.1 Å². The van der Waals surface area contributed by atoms with Gasteiger partial charge in [0.15, 0.2) is 6.10 Å². The number of carbonyl (C=O) groups is 2. The van der Waals surface area contributed by atoms with Crippen LogP contribution < -0.4 is 9.64 Å². The number of nitrogens with zero attached hydrogens (tertiary/aromatic N) is 3. The molecule has 0 amide bonds. The number of aromatic nitrogens is 1. The van der Waals surface area contributed by atoms with Crippen molar-refractivity contribution in [2.75, 3.05) is 58.9 Å². The van der Waals surface area contributed by atoms with E-state index >= 15 is 0 Å².